The van der Waals surface area contributed by atoms with Gasteiger partial charge in [0.2, 0.25) is 0 Å². The molecule has 0 saturated heterocycles. The monoisotopic (exact) mass is 265 g/mol. The van der Waals surface area contributed by atoms with Gasteiger partial charge in [0.15, 0.2) is 0 Å². The van der Waals surface area contributed by atoms with Crippen molar-refractivity contribution in [3.63, 3.8) is 0 Å². The van der Waals surface area contributed by atoms with E-state index in [-0.39, 0.29) is 5.41 Å². The van der Waals surface area contributed by atoms with Crippen molar-refractivity contribution in [2.45, 2.75) is 39.0 Å². The summed E-state index contributed by atoms with van der Waals surface area (Å²) in [6.07, 6.45) is 0. The molecule has 0 aliphatic heterocycles. The zero-order valence-electron chi connectivity index (χ0n) is 13.0. The van der Waals surface area contributed by atoms with Crippen molar-refractivity contribution in [3.05, 3.63) is 29.3 Å². The Kier molecular flexibility index (Phi) is 5.83. The van der Waals surface area contributed by atoms with Crippen LogP contribution in [0.25, 0.3) is 0 Å². The molecular formula is C16H27NO2. The van der Waals surface area contributed by atoms with Crippen molar-refractivity contribution in [2.75, 3.05) is 27.5 Å². The molecular weight excluding hydrogens is 238 g/mol. The van der Waals surface area contributed by atoms with Crippen molar-refractivity contribution < 1.29 is 9.47 Å². The van der Waals surface area contributed by atoms with Crippen LogP contribution in [0.2, 0.25) is 0 Å². The highest BCUT2D eigenvalue weighted by Gasteiger charge is 2.24. The van der Waals surface area contributed by atoms with Gasteiger partial charge < -0.3 is 9.47 Å². The van der Waals surface area contributed by atoms with Gasteiger partial charge in [-0.2, -0.15) is 0 Å². The van der Waals surface area contributed by atoms with E-state index in [9.17, 15) is 0 Å². The summed E-state index contributed by atoms with van der Waals surface area (Å²) in [4.78, 5) is 0. The van der Waals surface area contributed by atoms with E-state index in [0.717, 1.165) is 12.3 Å². The molecule has 0 radical (unpaired) electrons. The Labute approximate surface area is 117 Å². The molecule has 3 nitrogen and oxygen atoms in total. The van der Waals surface area contributed by atoms with Gasteiger partial charge in [0.05, 0.1) is 13.8 Å². The fourth-order valence-electron chi connectivity index (χ4n) is 2.19. The van der Waals surface area contributed by atoms with Crippen molar-refractivity contribution in [3.8, 4) is 5.75 Å². The minimum Gasteiger partial charge on any atom is -0.496 e. The first-order valence-corrected chi connectivity index (χ1v) is 6.80. The number of hydrogen-bond donors (Lipinski definition) is 1. The Morgan fingerprint density at radius 1 is 1.21 bits per heavy atom. The van der Waals surface area contributed by atoms with E-state index in [1.165, 1.54) is 11.1 Å². The van der Waals surface area contributed by atoms with Crippen LogP contribution in [0.5, 0.6) is 5.75 Å². The van der Waals surface area contributed by atoms with E-state index in [0.29, 0.717) is 12.6 Å². The normalized spacial score (nSPS) is 11.9. The maximum atomic E-state index is 5.57. The van der Waals surface area contributed by atoms with Crippen LogP contribution in [0.3, 0.4) is 0 Å². The van der Waals surface area contributed by atoms with Gasteiger partial charge in [0.1, 0.15) is 5.75 Å². The van der Waals surface area contributed by atoms with E-state index in [1.807, 2.05) is 0 Å². The molecule has 0 amide bonds. The van der Waals surface area contributed by atoms with E-state index in [1.54, 1.807) is 14.2 Å². The molecule has 0 unspecified atom stereocenters. The van der Waals surface area contributed by atoms with Crippen LogP contribution in [-0.2, 0) is 10.2 Å². The van der Waals surface area contributed by atoms with Gasteiger partial charge in [-0.3, -0.25) is 5.32 Å². The molecule has 0 saturated carbocycles. The molecule has 0 aliphatic carbocycles. The van der Waals surface area contributed by atoms with Crippen molar-refractivity contribution >= 4 is 0 Å². The Bertz CT molecular complexity index is 400. The van der Waals surface area contributed by atoms with Gasteiger partial charge in [-0.1, -0.05) is 39.8 Å². The molecule has 0 bridgehead atoms. The van der Waals surface area contributed by atoms with Crippen LogP contribution in [0.15, 0.2) is 18.2 Å². The summed E-state index contributed by atoms with van der Waals surface area (Å²) in [7, 11) is 3.43. The van der Waals surface area contributed by atoms with Crippen LogP contribution >= 0.6 is 0 Å². The number of benzene rings is 1. The van der Waals surface area contributed by atoms with Crippen LogP contribution in [-0.4, -0.2) is 27.5 Å². The molecule has 0 fully saturated rings. The predicted octanol–water partition coefficient (Wildman–Crippen LogP) is 3.29. The minimum atomic E-state index is -0.000612. The third-order valence-electron chi connectivity index (χ3n) is 3.43. The second kappa shape index (κ2) is 6.92. The molecule has 0 spiro atoms. The molecule has 1 rings (SSSR count). The lowest BCUT2D eigenvalue weighted by Gasteiger charge is -2.28. The first-order valence-electron chi connectivity index (χ1n) is 6.80. The Hall–Kier alpha value is -1.06. The summed E-state index contributed by atoms with van der Waals surface area (Å²) in [5.41, 5.74) is 2.53. The summed E-state index contributed by atoms with van der Waals surface area (Å²) < 4.78 is 10.6. The Morgan fingerprint density at radius 2 is 1.89 bits per heavy atom. The van der Waals surface area contributed by atoms with Crippen LogP contribution in [0.1, 0.15) is 44.7 Å². The quantitative estimate of drug-likeness (QED) is 0.606. The highest BCUT2D eigenvalue weighted by atomic mass is 16.5. The average molecular weight is 265 g/mol. The fraction of sp³-hybridized carbons (Fsp3) is 0.625. The molecule has 0 heterocycles. The maximum absolute atomic E-state index is 5.57. The zero-order valence-corrected chi connectivity index (χ0v) is 13.0. The number of nitrogens with one attached hydrogen (secondary N) is 1. The first kappa shape index (κ1) is 16.0. The summed E-state index contributed by atoms with van der Waals surface area (Å²) in [6, 6.07) is 6.53. The summed E-state index contributed by atoms with van der Waals surface area (Å²) >= 11 is 0. The SMILES string of the molecule is COCNCC(C)(C)c1ccc(C(C)C)cc1OC. The summed E-state index contributed by atoms with van der Waals surface area (Å²) in [6.45, 7) is 10.2. The van der Waals surface area contributed by atoms with E-state index < -0.39 is 0 Å². The highest BCUT2D eigenvalue weighted by molar-refractivity contribution is 5.43. The van der Waals surface area contributed by atoms with E-state index in [4.69, 9.17) is 9.47 Å². The second-order valence-electron chi connectivity index (χ2n) is 5.86. The van der Waals surface area contributed by atoms with Crippen molar-refractivity contribution in [1.82, 2.24) is 5.32 Å². The van der Waals surface area contributed by atoms with E-state index >= 15 is 0 Å². The zero-order chi connectivity index (χ0) is 14.5. The number of hydrogen-bond acceptors (Lipinski definition) is 3. The summed E-state index contributed by atoms with van der Waals surface area (Å²) in [5.74, 6) is 1.48. The molecule has 1 aromatic rings. The average Bonchev–Trinajstić information content (AvgIpc) is 2.38. The molecule has 1 aromatic carbocycles. The van der Waals surface area contributed by atoms with Gasteiger partial charge in [-0.15, -0.1) is 0 Å². The number of methoxy groups -OCH3 is 2. The van der Waals surface area contributed by atoms with Gasteiger partial charge >= 0.3 is 0 Å². The topological polar surface area (TPSA) is 30.5 Å². The molecule has 0 atom stereocenters. The van der Waals surface area contributed by atoms with Gasteiger partial charge in [0, 0.05) is 24.6 Å². The molecule has 108 valence electrons. The Morgan fingerprint density at radius 3 is 2.42 bits per heavy atom. The van der Waals surface area contributed by atoms with Gasteiger partial charge in [-0.05, 0) is 17.5 Å². The van der Waals surface area contributed by atoms with Gasteiger partial charge in [0.25, 0.3) is 0 Å². The molecule has 0 aromatic heterocycles. The first-order chi connectivity index (χ1) is 8.92. The minimum absolute atomic E-state index is 0.000612. The fourth-order valence-corrected chi connectivity index (χ4v) is 2.19. The number of ether oxygens (including phenoxy) is 2. The van der Waals surface area contributed by atoms with Crippen LogP contribution in [0.4, 0.5) is 0 Å². The maximum Gasteiger partial charge on any atom is 0.122 e. The largest absolute Gasteiger partial charge is 0.496 e. The second-order valence-corrected chi connectivity index (χ2v) is 5.86. The molecule has 0 aliphatic rings. The summed E-state index contributed by atoms with van der Waals surface area (Å²) in [5, 5.41) is 3.28. The van der Waals surface area contributed by atoms with Crippen LogP contribution in [0, 0.1) is 0 Å². The lowest BCUT2D eigenvalue weighted by molar-refractivity contribution is 0.169. The molecule has 3 heteroatoms. The standard InChI is InChI=1S/C16H27NO2/c1-12(2)13-7-8-14(15(9-13)19-6)16(3,4)10-17-11-18-5/h7-9,12,17H,10-11H2,1-6H3. The van der Waals surface area contributed by atoms with Crippen molar-refractivity contribution in [1.29, 1.82) is 0 Å². The lowest BCUT2D eigenvalue weighted by atomic mass is 9.82. The smallest absolute Gasteiger partial charge is 0.122 e. The van der Waals surface area contributed by atoms with Crippen molar-refractivity contribution in [2.24, 2.45) is 0 Å². The highest BCUT2D eigenvalue weighted by Crippen LogP contribution is 2.33. The van der Waals surface area contributed by atoms with Crippen LogP contribution < -0.4 is 10.1 Å². The molecule has 1 N–H and O–H groups in total. The molecule has 19 heavy (non-hydrogen) atoms. The van der Waals surface area contributed by atoms with E-state index in [2.05, 4.69) is 51.2 Å². The van der Waals surface area contributed by atoms with Gasteiger partial charge in [-0.25, -0.2) is 0 Å². The third kappa shape index (κ3) is 4.22. The Balaban J connectivity index is 2.98. The third-order valence-corrected chi connectivity index (χ3v) is 3.43. The predicted molar refractivity (Wildman–Crippen MR) is 80.0 cm³/mol. The lowest BCUT2D eigenvalue weighted by Crippen LogP contribution is -2.34. The number of rotatable bonds is 7.